The summed E-state index contributed by atoms with van der Waals surface area (Å²) in [6.45, 7) is 4.85. The van der Waals surface area contributed by atoms with Crippen molar-refractivity contribution >= 4 is 5.69 Å². The number of anilines is 1. The predicted octanol–water partition coefficient (Wildman–Crippen LogP) is 1.60. The van der Waals surface area contributed by atoms with Crippen molar-refractivity contribution in [2.45, 2.75) is 6.54 Å². The van der Waals surface area contributed by atoms with E-state index in [1.165, 1.54) is 17.0 Å². The summed E-state index contributed by atoms with van der Waals surface area (Å²) in [5, 5.41) is 9.16. The number of benzene rings is 2. The Morgan fingerprint density at radius 1 is 1.05 bits per heavy atom. The van der Waals surface area contributed by atoms with Gasteiger partial charge in [0, 0.05) is 11.3 Å². The molecular formula is C18H19FN3+. The third kappa shape index (κ3) is 3.26. The number of nitrogens with one attached hydrogen (secondary N) is 1. The van der Waals surface area contributed by atoms with Crippen LogP contribution >= 0.6 is 0 Å². The highest BCUT2D eigenvalue weighted by Crippen LogP contribution is 2.14. The molecule has 1 N–H and O–H groups in total. The fraction of sp³-hybridized carbons (Fsp3) is 0.278. The number of hydrogen-bond donors (Lipinski definition) is 1. The van der Waals surface area contributed by atoms with Gasteiger partial charge in [0.25, 0.3) is 0 Å². The minimum absolute atomic E-state index is 0.193. The van der Waals surface area contributed by atoms with Gasteiger partial charge in [-0.05, 0) is 30.3 Å². The molecule has 0 spiro atoms. The first kappa shape index (κ1) is 14.6. The van der Waals surface area contributed by atoms with E-state index in [0.29, 0.717) is 0 Å². The molecule has 0 atom stereocenters. The lowest BCUT2D eigenvalue weighted by molar-refractivity contribution is -0.914. The monoisotopic (exact) mass is 296 g/mol. The van der Waals surface area contributed by atoms with Crippen molar-refractivity contribution in [2.75, 3.05) is 31.1 Å². The summed E-state index contributed by atoms with van der Waals surface area (Å²) >= 11 is 0. The van der Waals surface area contributed by atoms with Gasteiger partial charge in [0.05, 0.1) is 37.8 Å². The lowest BCUT2D eigenvalue weighted by Crippen LogP contribution is -3.13. The molecule has 0 bridgehead atoms. The molecule has 0 saturated carbocycles. The molecule has 1 aliphatic heterocycles. The standard InChI is InChI=1S/C18H18FN3/c19-17-5-7-18(8-6-17)22-11-9-21(10-12-22)14-16-4-2-1-3-15(16)13-20/h1-8H,9-12,14H2/p+1. The van der Waals surface area contributed by atoms with E-state index < -0.39 is 0 Å². The summed E-state index contributed by atoms with van der Waals surface area (Å²) in [7, 11) is 0. The molecular weight excluding hydrogens is 277 g/mol. The lowest BCUT2D eigenvalue weighted by Gasteiger charge is -2.33. The van der Waals surface area contributed by atoms with E-state index in [4.69, 9.17) is 5.26 Å². The van der Waals surface area contributed by atoms with Crippen LogP contribution in [0.4, 0.5) is 10.1 Å². The van der Waals surface area contributed by atoms with Crippen LogP contribution in [-0.2, 0) is 6.54 Å². The largest absolute Gasteiger partial charge is 0.360 e. The van der Waals surface area contributed by atoms with Crippen molar-refractivity contribution in [1.29, 1.82) is 5.26 Å². The normalized spacial score (nSPS) is 15.5. The van der Waals surface area contributed by atoms with Gasteiger partial charge in [-0.25, -0.2) is 4.39 Å². The van der Waals surface area contributed by atoms with E-state index in [-0.39, 0.29) is 5.82 Å². The van der Waals surface area contributed by atoms with E-state index >= 15 is 0 Å². The van der Waals surface area contributed by atoms with Gasteiger partial charge in [-0.1, -0.05) is 18.2 Å². The Balaban J connectivity index is 1.60. The fourth-order valence-electron chi connectivity index (χ4n) is 2.96. The van der Waals surface area contributed by atoms with Gasteiger partial charge in [-0.2, -0.15) is 5.26 Å². The first-order chi connectivity index (χ1) is 10.8. The average molecular weight is 296 g/mol. The Morgan fingerprint density at radius 2 is 1.73 bits per heavy atom. The van der Waals surface area contributed by atoms with Crippen LogP contribution in [0, 0.1) is 17.1 Å². The maximum absolute atomic E-state index is 13.0. The second-order valence-electron chi connectivity index (χ2n) is 5.66. The van der Waals surface area contributed by atoms with Crippen LogP contribution in [0.25, 0.3) is 0 Å². The zero-order valence-corrected chi connectivity index (χ0v) is 12.4. The van der Waals surface area contributed by atoms with Crippen molar-refractivity contribution in [3.05, 3.63) is 65.5 Å². The second-order valence-corrected chi connectivity index (χ2v) is 5.66. The average Bonchev–Trinajstić information content (AvgIpc) is 2.57. The SMILES string of the molecule is N#Cc1ccccc1C[NH+]1CCN(c2ccc(F)cc2)CC1. The smallest absolute Gasteiger partial charge is 0.123 e. The Bertz CT molecular complexity index is 667. The van der Waals surface area contributed by atoms with Crippen molar-refractivity contribution in [1.82, 2.24) is 0 Å². The molecule has 0 aromatic heterocycles. The number of nitrogens with zero attached hydrogens (tertiary/aromatic N) is 2. The van der Waals surface area contributed by atoms with E-state index in [9.17, 15) is 4.39 Å². The lowest BCUT2D eigenvalue weighted by atomic mass is 10.1. The highest BCUT2D eigenvalue weighted by atomic mass is 19.1. The van der Waals surface area contributed by atoms with Gasteiger partial charge in [0.15, 0.2) is 0 Å². The Morgan fingerprint density at radius 3 is 2.41 bits per heavy atom. The first-order valence-electron chi connectivity index (χ1n) is 7.58. The summed E-state index contributed by atoms with van der Waals surface area (Å²) in [6, 6.07) is 16.8. The molecule has 1 aliphatic rings. The molecule has 2 aromatic carbocycles. The van der Waals surface area contributed by atoms with Gasteiger partial charge in [0.2, 0.25) is 0 Å². The molecule has 3 rings (SSSR count). The number of nitriles is 1. The van der Waals surface area contributed by atoms with E-state index in [1.807, 2.05) is 36.4 Å². The molecule has 2 aromatic rings. The minimum atomic E-state index is -0.193. The molecule has 3 nitrogen and oxygen atoms in total. The zero-order chi connectivity index (χ0) is 15.4. The molecule has 0 unspecified atom stereocenters. The molecule has 1 saturated heterocycles. The van der Waals surface area contributed by atoms with Gasteiger partial charge in [-0.15, -0.1) is 0 Å². The Kier molecular flexibility index (Phi) is 4.36. The number of piperazine rings is 1. The van der Waals surface area contributed by atoms with Crippen molar-refractivity contribution < 1.29 is 9.29 Å². The minimum Gasteiger partial charge on any atom is -0.360 e. The molecule has 22 heavy (non-hydrogen) atoms. The van der Waals surface area contributed by atoms with Crippen LogP contribution in [0.2, 0.25) is 0 Å². The summed E-state index contributed by atoms with van der Waals surface area (Å²) in [4.78, 5) is 3.78. The molecule has 0 amide bonds. The quantitative estimate of drug-likeness (QED) is 0.933. The van der Waals surface area contributed by atoms with Crippen molar-refractivity contribution in [3.63, 3.8) is 0 Å². The van der Waals surface area contributed by atoms with Crippen LogP contribution in [0.5, 0.6) is 0 Å². The summed E-state index contributed by atoms with van der Waals surface area (Å²) in [5.74, 6) is -0.193. The van der Waals surface area contributed by atoms with Crippen molar-refractivity contribution in [2.24, 2.45) is 0 Å². The molecule has 0 aliphatic carbocycles. The Hall–Kier alpha value is -2.38. The number of halogens is 1. The topological polar surface area (TPSA) is 31.5 Å². The van der Waals surface area contributed by atoms with E-state index in [0.717, 1.165) is 49.5 Å². The van der Waals surface area contributed by atoms with E-state index in [2.05, 4.69) is 11.0 Å². The third-order valence-corrected chi connectivity index (χ3v) is 4.24. The molecule has 0 radical (unpaired) electrons. The molecule has 4 heteroatoms. The van der Waals surface area contributed by atoms with Gasteiger partial charge >= 0.3 is 0 Å². The number of rotatable bonds is 3. The number of hydrogen-bond acceptors (Lipinski definition) is 2. The summed E-state index contributed by atoms with van der Waals surface area (Å²) in [6.07, 6.45) is 0. The van der Waals surface area contributed by atoms with Crippen molar-refractivity contribution in [3.8, 4) is 6.07 Å². The summed E-state index contributed by atoms with van der Waals surface area (Å²) in [5.41, 5.74) is 2.98. The Labute approximate surface area is 130 Å². The van der Waals surface area contributed by atoms with E-state index in [1.54, 1.807) is 0 Å². The zero-order valence-electron chi connectivity index (χ0n) is 12.4. The third-order valence-electron chi connectivity index (χ3n) is 4.24. The van der Waals surface area contributed by atoms with Gasteiger partial charge in [0.1, 0.15) is 12.4 Å². The molecule has 1 heterocycles. The van der Waals surface area contributed by atoms with Crippen LogP contribution in [0.15, 0.2) is 48.5 Å². The second kappa shape index (κ2) is 6.59. The predicted molar refractivity (Wildman–Crippen MR) is 84.2 cm³/mol. The maximum Gasteiger partial charge on any atom is 0.123 e. The van der Waals surface area contributed by atoms with Crippen LogP contribution in [0.1, 0.15) is 11.1 Å². The van der Waals surface area contributed by atoms with Gasteiger partial charge < -0.3 is 9.80 Å². The highest BCUT2D eigenvalue weighted by Gasteiger charge is 2.21. The highest BCUT2D eigenvalue weighted by molar-refractivity contribution is 5.46. The summed E-state index contributed by atoms with van der Waals surface area (Å²) < 4.78 is 13.0. The van der Waals surface area contributed by atoms with Crippen LogP contribution in [0.3, 0.4) is 0 Å². The first-order valence-corrected chi connectivity index (χ1v) is 7.58. The fourth-order valence-corrected chi connectivity index (χ4v) is 2.96. The van der Waals surface area contributed by atoms with Gasteiger partial charge in [-0.3, -0.25) is 0 Å². The van der Waals surface area contributed by atoms with Crippen LogP contribution < -0.4 is 9.80 Å². The molecule has 112 valence electrons. The maximum atomic E-state index is 13.0. The molecule has 1 fully saturated rings. The van der Waals surface area contributed by atoms with Crippen LogP contribution in [-0.4, -0.2) is 26.2 Å². The number of quaternary nitrogens is 1.